The van der Waals surface area contributed by atoms with Crippen molar-refractivity contribution >= 4 is 11.9 Å². The van der Waals surface area contributed by atoms with Crippen molar-refractivity contribution in [3.05, 3.63) is 60.0 Å². The van der Waals surface area contributed by atoms with Crippen LogP contribution >= 0.6 is 0 Å². The predicted molar refractivity (Wildman–Crippen MR) is 69.4 cm³/mol. The van der Waals surface area contributed by atoms with Crippen LogP contribution in [0.5, 0.6) is 0 Å². The van der Waals surface area contributed by atoms with Crippen molar-refractivity contribution in [1.82, 2.24) is 4.90 Å². The Hall–Kier alpha value is -2.76. The van der Waals surface area contributed by atoms with E-state index < -0.39 is 11.9 Å². The molecule has 0 saturated carbocycles. The van der Waals surface area contributed by atoms with Crippen molar-refractivity contribution in [3.8, 4) is 0 Å². The maximum atomic E-state index is 11.7. The van der Waals surface area contributed by atoms with Crippen molar-refractivity contribution in [2.24, 2.45) is 0 Å². The van der Waals surface area contributed by atoms with E-state index in [9.17, 15) is 9.59 Å². The van der Waals surface area contributed by atoms with Gasteiger partial charge in [0.25, 0.3) is 0 Å². The highest BCUT2D eigenvalue weighted by Crippen LogP contribution is 2.12. The van der Waals surface area contributed by atoms with Gasteiger partial charge in [0, 0.05) is 12.3 Å². The zero-order valence-corrected chi connectivity index (χ0v) is 10.6. The molecule has 6 heteroatoms. The van der Waals surface area contributed by atoms with Crippen molar-refractivity contribution in [2.75, 3.05) is 13.5 Å². The van der Waals surface area contributed by atoms with Gasteiger partial charge in [-0.25, -0.2) is 9.59 Å². The van der Waals surface area contributed by atoms with E-state index in [1.807, 2.05) is 6.07 Å². The van der Waals surface area contributed by atoms with Crippen LogP contribution in [-0.2, 0) is 14.3 Å². The van der Waals surface area contributed by atoms with Crippen LogP contribution in [0, 0.1) is 0 Å². The summed E-state index contributed by atoms with van der Waals surface area (Å²) in [7, 11) is 0. The van der Waals surface area contributed by atoms with Gasteiger partial charge in [-0.15, -0.1) is 0 Å². The van der Waals surface area contributed by atoms with Crippen molar-refractivity contribution < 1.29 is 24.2 Å². The number of aliphatic carboxylic acids is 1. The SMILES string of the molecule is O=C(O)C=CC1=CN(COC(=O)c2ccccc2)CO1. The molecule has 1 aliphatic heterocycles. The summed E-state index contributed by atoms with van der Waals surface area (Å²) in [5.74, 6) is -1.07. The normalized spacial score (nSPS) is 14.0. The second-order valence-corrected chi connectivity index (χ2v) is 3.99. The van der Waals surface area contributed by atoms with Crippen molar-refractivity contribution in [3.63, 3.8) is 0 Å². The molecule has 2 rings (SSSR count). The van der Waals surface area contributed by atoms with Gasteiger partial charge in [0.2, 0.25) is 0 Å². The first-order valence-corrected chi connectivity index (χ1v) is 5.87. The van der Waals surface area contributed by atoms with Crippen LogP contribution in [0.25, 0.3) is 0 Å². The van der Waals surface area contributed by atoms with E-state index in [0.717, 1.165) is 6.08 Å². The first-order chi connectivity index (χ1) is 9.65. The molecule has 0 aliphatic carbocycles. The molecule has 6 nitrogen and oxygen atoms in total. The number of hydrogen-bond donors (Lipinski definition) is 1. The van der Waals surface area contributed by atoms with Crippen LogP contribution in [0.3, 0.4) is 0 Å². The van der Waals surface area contributed by atoms with Gasteiger partial charge in [0.15, 0.2) is 13.5 Å². The number of carboxylic acids is 1. The summed E-state index contributed by atoms with van der Waals surface area (Å²) in [6, 6.07) is 8.66. The summed E-state index contributed by atoms with van der Waals surface area (Å²) in [5, 5.41) is 8.49. The lowest BCUT2D eigenvalue weighted by atomic mass is 10.2. The lowest BCUT2D eigenvalue weighted by molar-refractivity contribution is -0.131. The molecule has 1 N–H and O–H groups in total. The lowest BCUT2D eigenvalue weighted by Crippen LogP contribution is -2.21. The van der Waals surface area contributed by atoms with E-state index in [0.29, 0.717) is 11.3 Å². The molecule has 1 aromatic carbocycles. The second-order valence-electron chi connectivity index (χ2n) is 3.99. The van der Waals surface area contributed by atoms with Gasteiger partial charge in [0.05, 0.1) is 5.56 Å². The first-order valence-electron chi connectivity index (χ1n) is 5.87. The molecule has 1 heterocycles. The van der Waals surface area contributed by atoms with Gasteiger partial charge in [-0.1, -0.05) is 18.2 Å². The van der Waals surface area contributed by atoms with E-state index in [1.54, 1.807) is 35.4 Å². The fraction of sp³-hybridized carbons (Fsp3) is 0.143. The Bertz CT molecular complexity index is 550. The number of carboxylic acid groups (broad SMARTS) is 1. The van der Waals surface area contributed by atoms with Gasteiger partial charge in [0.1, 0.15) is 5.76 Å². The molecule has 0 aromatic heterocycles. The molecule has 0 saturated heterocycles. The summed E-state index contributed by atoms with van der Waals surface area (Å²) in [6.07, 6.45) is 3.89. The zero-order chi connectivity index (χ0) is 14.4. The van der Waals surface area contributed by atoms with E-state index in [2.05, 4.69) is 0 Å². The van der Waals surface area contributed by atoms with Gasteiger partial charge in [-0.2, -0.15) is 0 Å². The number of hydrogen-bond acceptors (Lipinski definition) is 5. The molecule has 1 aliphatic rings. The monoisotopic (exact) mass is 275 g/mol. The van der Waals surface area contributed by atoms with Crippen LogP contribution in [-0.4, -0.2) is 35.4 Å². The number of carbonyl (C=O) groups excluding carboxylic acids is 1. The molecular weight excluding hydrogens is 262 g/mol. The van der Waals surface area contributed by atoms with Gasteiger partial charge >= 0.3 is 11.9 Å². The quantitative estimate of drug-likeness (QED) is 0.649. The minimum atomic E-state index is -1.05. The van der Waals surface area contributed by atoms with Crippen LogP contribution < -0.4 is 0 Å². The van der Waals surface area contributed by atoms with E-state index >= 15 is 0 Å². The highest BCUT2D eigenvalue weighted by molar-refractivity contribution is 5.89. The summed E-state index contributed by atoms with van der Waals surface area (Å²) in [5.41, 5.74) is 0.475. The number of esters is 1. The van der Waals surface area contributed by atoms with Gasteiger partial charge in [-0.3, -0.25) is 0 Å². The standard InChI is InChI=1S/C14H13NO5/c16-13(17)7-6-12-8-15(9-19-12)10-20-14(18)11-4-2-1-3-5-11/h1-8H,9-10H2,(H,16,17). The minimum absolute atomic E-state index is 0.0398. The first kappa shape index (κ1) is 13.7. The Labute approximate surface area is 115 Å². The number of allylic oxidation sites excluding steroid dienone is 1. The predicted octanol–water partition coefficient (Wildman–Crippen LogP) is 1.57. The van der Waals surface area contributed by atoms with Crippen LogP contribution in [0.1, 0.15) is 10.4 Å². The maximum Gasteiger partial charge on any atom is 0.339 e. The number of ether oxygens (including phenoxy) is 2. The van der Waals surface area contributed by atoms with E-state index in [-0.39, 0.29) is 13.5 Å². The molecule has 0 unspecified atom stereocenters. The molecule has 0 amide bonds. The van der Waals surface area contributed by atoms with E-state index in [1.165, 1.54) is 6.08 Å². The number of nitrogens with zero attached hydrogens (tertiary/aromatic N) is 1. The highest BCUT2D eigenvalue weighted by Gasteiger charge is 2.14. The molecule has 0 fully saturated rings. The summed E-state index contributed by atoms with van der Waals surface area (Å²) in [4.78, 5) is 23.7. The Balaban J connectivity index is 1.84. The third kappa shape index (κ3) is 3.88. The molecule has 0 atom stereocenters. The summed E-state index contributed by atoms with van der Waals surface area (Å²) >= 11 is 0. The Morgan fingerprint density at radius 1 is 1.35 bits per heavy atom. The molecule has 0 bridgehead atoms. The molecule has 104 valence electrons. The highest BCUT2D eigenvalue weighted by atomic mass is 16.6. The molecule has 1 aromatic rings. The second kappa shape index (κ2) is 6.42. The van der Waals surface area contributed by atoms with Crippen molar-refractivity contribution in [1.29, 1.82) is 0 Å². The topological polar surface area (TPSA) is 76.1 Å². The van der Waals surface area contributed by atoms with Crippen LogP contribution in [0.2, 0.25) is 0 Å². The fourth-order valence-corrected chi connectivity index (χ4v) is 1.53. The van der Waals surface area contributed by atoms with Gasteiger partial charge < -0.3 is 19.5 Å². The van der Waals surface area contributed by atoms with Crippen LogP contribution in [0.4, 0.5) is 0 Å². The maximum absolute atomic E-state index is 11.7. The summed E-state index contributed by atoms with van der Waals surface area (Å²) in [6.45, 7) is 0.250. The Kier molecular flexibility index (Phi) is 4.39. The Morgan fingerprint density at radius 3 is 2.80 bits per heavy atom. The zero-order valence-electron chi connectivity index (χ0n) is 10.6. The molecule has 0 spiro atoms. The summed E-state index contributed by atoms with van der Waals surface area (Å²) < 4.78 is 10.3. The largest absolute Gasteiger partial charge is 0.478 e. The fourth-order valence-electron chi connectivity index (χ4n) is 1.53. The van der Waals surface area contributed by atoms with Gasteiger partial charge in [-0.05, 0) is 18.2 Å². The number of carbonyl (C=O) groups is 2. The van der Waals surface area contributed by atoms with Crippen molar-refractivity contribution in [2.45, 2.75) is 0 Å². The average Bonchev–Trinajstić information content (AvgIpc) is 2.91. The lowest BCUT2D eigenvalue weighted by Gasteiger charge is -2.13. The van der Waals surface area contributed by atoms with Crippen LogP contribution in [0.15, 0.2) is 54.4 Å². The molecular formula is C14H13NO5. The third-order valence-corrected chi connectivity index (χ3v) is 2.47. The van der Waals surface area contributed by atoms with E-state index in [4.69, 9.17) is 14.6 Å². The minimum Gasteiger partial charge on any atom is -0.478 e. The molecule has 20 heavy (non-hydrogen) atoms. The number of benzene rings is 1. The average molecular weight is 275 g/mol. The Morgan fingerprint density at radius 2 is 2.10 bits per heavy atom. The smallest absolute Gasteiger partial charge is 0.339 e. The molecule has 0 radical (unpaired) electrons. The number of rotatable bonds is 5. The third-order valence-electron chi connectivity index (χ3n) is 2.47.